The van der Waals surface area contributed by atoms with Crippen LogP contribution in [-0.2, 0) is 6.54 Å². The molecule has 4 heteroatoms. The minimum absolute atomic E-state index is 0.480. The second kappa shape index (κ2) is 6.85. The van der Waals surface area contributed by atoms with Gasteiger partial charge in [0, 0.05) is 25.2 Å². The molecule has 0 bridgehead atoms. The van der Waals surface area contributed by atoms with Gasteiger partial charge in [-0.1, -0.05) is 20.8 Å². The van der Waals surface area contributed by atoms with E-state index >= 15 is 0 Å². The third kappa shape index (κ3) is 3.90. The van der Waals surface area contributed by atoms with Crippen LogP contribution in [0.5, 0.6) is 0 Å². The van der Waals surface area contributed by atoms with E-state index in [4.69, 9.17) is 0 Å². The molecule has 2 rings (SSSR count). The van der Waals surface area contributed by atoms with Crippen LogP contribution in [0.1, 0.15) is 52.1 Å². The SMILES string of the molecule is CCC1CCCCN1c1cnc(CNC(C)C)cn1. The lowest BCUT2D eigenvalue weighted by atomic mass is 10.0. The van der Waals surface area contributed by atoms with Gasteiger partial charge in [0.1, 0.15) is 5.82 Å². The third-order valence-electron chi connectivity index (χ3n) is 3.78. The lowest BCUT2D eigenvalue weighted by Gasteiger charge is -2.36. The van der Waals surface area contributed by atoms with Crippen LogP contribution in [0.2, 0.25) is 0 Å². The van der Waals surface area contributed by atoms with Gasteiger partial charge < -0.3 is 10.2 Å². The molecule has 0 saturated carbocycles. The normalized spacial score (nSPS) is 20.0. The Balaban J connectivity index is 2.00. The fraction of sp³-hybridized carbons (Fsp3) is 0.733. The molecule has 1 aliphatic rings. The fourth-order valence-corrected chi connectivity index (χ4v) is 2.62. The van der Waals surface area contributed by atoms with E-state index in [1.54, 1.807) is 0 Å². The molecule has 0 radical (unpaired) electrons. The van der Waals surface area contributed by atoms with Crippen LogP contribution < -0.4 is 10.2 Å². The average Bonchev–Trinajstić information content (AvgIpc) is 2.45. The molecular formula is C15H26N4. The van der Waals surface area contributed by atoms with E-state index in [-0.39, 0.29) is 0 Å². The Morgan fingerprint density at radius 1 is 1.32 bits per heavy atom. The van der Waals surface area contributed by atoms with E-state index in [0.29, 0.717) is 12.1 Å². The van der Waals surface area contributed by atoms with Crippen LogP contribution in [0, 0.1) is 0 Å². The number of rotatable bonds is 5. The number of hydrogen-bond donors (Lipinski definition) is 1. The highest BCUT2D eigenvalue weighted by atomic mass is 15.2. The third-order valence-corrected chi connectivity index (χ3v) is 3.78. The van der Waals surface area contributed by atoms with Crippen LogP contribution in [0.25, 0.3) is 0 Å². The molecule has 19 heavy (non-hydrogen) atoms. The highest BCUT2D eigenvalue weighted by Crippen LogP contribution is 2.24. The van der Waals surface area contributed by atoms with Gasteiger partial charge in [0.15, 0.2) is 0 Å². The van der Waals surface area contributed by atoms with Crippen molar-refractivity contribution in [1.29, 1.82) is 0 Å². The standard InChI is InChI=1S/C15H26N4/c1-4-14-7-5-6-8-19(14)15-11-17-13(10-18-15)9-16-12(2)3/h10-12,14,16H,4-9H2,1-3H3. The first-order valence-corrected chi connectivity index (χ1v) is 7.51. The van der Waals surface area contributed by atoms with Crippen molar-refractivity contribution in [3.05, 3.63) is 18.1 Å². The number of hydrogen-bond acceptors (Lipinski definition) is 4. The van der Waals surface area contributed by atoms with E-state index in [1.165, 1.54) is 25.7 Å². The van der Waals surface area contributed by atoms with Gasteiger partial charge in [0.25, 0.3) is 0 Å². The summed E-state index contributed by atoms with van der Waals surface area (Å²) in [5, 5.41) is 3.36. The van der Waals surface area contributed by atoms with Crippen LogP contribution in [0.4, 0.5) is 5.82 Å². The molecule has 1 fully saturated rings. The zero-order valence-electron chi connectivity index (χ0n) is 12.4. The summed E-state index contributed by atoms with van der Waals surface area (Å²) in [6, 6.07) is 1.12. The second-order valence-corrected chi connectivity index (χ2v) is 5.65. The topological polar surface area (TPSA) is 41.1 Å². The van der Waals surface area contributed by atoms with E-state index in [2.05, 4.69) is 41.0 Å². The van der Waals surface area contributed by atoms with Crippen molar-refractivity contribution in [3.63, 3.8) is 0 Å². The maximum absolute atomic E-state index is 4.60. The van der Waals surface area contributed by atoms with Gasteiger partial charge in [-0.2, -0.15) is 0 Å². The Morgan fingerprint density at radius 3 is 2.79 bits per heavy atom. The summed E-state index contributed by atoms with van der Waals surface area (Å²) in [6.45, 7) is 8.46. The summed E-state index contributed by atoms with van der Waals surface area (Å²) in [7, 11) is 0. The fourth-order valence-electron chi connectivity index (χ4n) is 2.62. The van der Waals surface area contributed by atoms with Crippen LogP contribution in [0.3, 0.4) is 0 Å². The first-order valence-electron chi connectivity index (χ1n) is 7.51. The second-order valence-electron chi connectivity index (χ2n) is 5.65. The Hall–Kier alpha value is -1.16. The molecule has 1 N–H and O–H groups in total. The van der Waals surface area contributed by atoms with Gasteiger partial charge in [0.2, 0.25) is 0 Å². The molecule has 0 amide bonds. The maximum Gasteiger partial charge on any atom is 0.147 e. The lowest BCUT2D eigenvalue weighted by Crippen LogP contribution is -2.39. The molecular weight excluding hydrogens is 236 g/mol. The summed E-state index contributed by atoms with van der Waals surface area (Å²) in [5.74, 6) is 1.04. The van der Waals surface area contributed by atoms with Crippen LogP contribution in [0.15, 0.2) is 12.4 Å². The van der Waals surface area contributed by atoms with Crippen molar-refractivity contribution < 1.29 is 0 Å². The Kier molecular flexibility index (Phi) is 5.14. The predicted molar refractivity (Wildman–Crippen MR) is 79.3 cm³/mol. The van der Waals surface area contributed by atoms with E-state index in [1.807, 2.05) is 12.4 Å². The van der Waals surface area contributed by atoms with E-state index in [9.17, 15) is 0 Å². The van der Waals surface area contributed by atoms with Gasteiger partial charge in [-0.15, -0.1) is 0 Å². The van der Waals surface area contributed by atoms with Gasteiger partial charge in [0.05, 0.1) is 18.1 Å². The molecule has 106 valence electrons. The monoisotopic (exact) mass is 262 g/mol. The smallest absolute Gasteiger partial charge is 0.147 e. The summed E-state index contributed by atoms with van der Waals surface area (Å²) in [5.41, 5.74) is 1.02. The summed E-state index contributed by atoms with van der Waals surface area (Å²) in [4.78, 5) is 11.6. The van der Waals surface area contributed by atoms with Gasteiger partial charge in [-0.25, -0.2) is 4.98 Å². The van der Waals surface area contributed by atoms with E-state index < -0.39 is 0 Å². The number of nitrogens with one attached hydrogen (secondary N) is 1. The van der Waals surface area contributed by atoms with Crippen LogP contribution in [-0.4, -0.2) is 28.6 Å². The first kappa shape index (κ1) is 14.3. The zero-order chi connectivity index (χ0) is 13.7. The molecule has 1 aromatic rings. The molecule has 1 aliphatic heterocycles. The minimum atomic E-state index is 0.480. The molecule has 4 nitrogen and oxygen atoms in total. The number of piperidine rings is 1. The Bertz CT molecular complexity index is 374. The minimum Gasteiger partial charge on any atom is -0.352 e. The summed E-state index contributed by atoms with van der Waals surface area (Å²) in [6.07, 6.45) is 8.94. The molecule has 1 unspecified atom stereocenters. The molecule has 1 atom stereocenters. The average molecular weight is 262 g/mol. The maximum atomic E-state index is 4.60. The first-order chi connectivity index (χ1) is 9.20. The van der Waals surface area contributed by atoms with Gasteiger partial charge >= 0.3 is 0 Å². The zero-order valence-corrected chi connectivity index (χ0v) is 12.4. The molecule has 1 saturated heterocycles. The van der Waals surface area contributed by atoms with Crippen molar-refractivity contribution in [2.45, 2.75) is 65.1 Å². The van der Waals surface area contributed by atoms with Crippen molar-refractivity contribution in [2.24, 2.45) is 0 Å². The molecule has 0 aromatic carbocycles. The number of aromatic nitrogens is 2. The van der Waals surface area contributed by atoms with E-state index in [0.717, 1.165) is 24.6 Å². The van der Waals surface area contributed by atoms with Crippen LogP contribution >= 0.6 is 0 Å². The van der Waals surface area contributed by atoms with Crippen molar-refractivity contribution in [3.8, 4) is 0 Å². The highest BCUT2D eigenvalue weighted by Gasteiger charge is 2.21. The summed E-state index contributed by atoms with van der Waals surface area (Å²) < 4.78 is 0. The van der Waals surface area contributed by atoms with Crippen molar-refractivity contribution >= 4 is 5.82 Å². The van der Waals surface area contributed by atoms with Crippen molar-refractivity contribution in [1.82, 2.24) is 15.3 Å². The number of nitrogens with zero attached hydrogens (tertiary/aromatic N) is 3. The summed E-state index contributed by atoms with van der Waals surface area (Å²) >= 11 is 0. The Labute approximate surface area is 116 Å². The van der Waals surface area contributed by atoms with Crippen molar-refractivity contribution in [2.75, 3.05) is 11.4 Å². The highest BCUT2D eigenvalue weighted by molar-refractivity contribution is 5.38. The predicted octanol–water partition coefficient (Wildman–Crippen LogP) is 2.74. The molecule has 1 aromatic heterocycles. The Morgan fingerprint density at radius 2 is 2.16 bits per heavy atom. The molecule has 0 spiro atoms. The quantitative estimate of drug-likeness (QED) is 0.886. The van der Waals surface area contributed by atoms with Gasteiger partial charge in [-0.05, 0) is 25.7 Å². The molecule has 0 aliphatic carbocycles. The lowest BCUT2D eigenvalue weighted by molar-refractivity contribution is 0.446. The largest absolute Gasteiger partial charge is 0.352 e. The molecule has 2 heterocycles. The number of anilines is 1. The van der Waals surface area contributed by atoms with Gasteiger partial charge in [-0.3, -0.25) is 4.98 Å².